The Hall–Kier alpha value is -1.43. The summed E-state index contributed by atoms with van der Waals surface area (Å²) in [5, 5.41) is 0. The highest BCUT2D eigenvalue weighted by atomic mass is 127. The molecule has 3 aromatic heterocycles. The molecule has 4 heteroatoms. The summed E-state index contributed by atoms with van der Waals surface area (Å²) in [5.74, 6) is 0. The van der Waals surface area contributed by atoms with Crippen LogP contribution in [-0.2, 0) is 6.54 Å². The normalized spacial score (nSPS) is 11.0. The highest BCUT2D eigenvalue weighted by Gasteiger charge is 2.07. The summed E-state index contributed by atoms with van der Waals surface area (Å²) in [5.41, 5.74) is 4.47. The molecule has 0 radical (unpaired) electrons. The molecule has 0 aliphatic rings. The predicted molar refractivity (Wildman–Crippen MR) is 80.5 cm³/mol. The van der Waals surface area contributed by atoms with Gasteiger partial charge in [-0.15, -0.1) is 0 Å². The molecule has 3 rings (SSSR count). The van der Waals surface area contributed by atoms with Crippen LogP contribution >= 0.6 is 22.6 Å². The van der Waals surface area contributed by atoms with E-state index in [1.165, 1.54) is 9.13 Å². The van der Waals surface area contributed by atoms with Gasteiger partial charge in [0.1, 0.15) is 5.52 Å². The van der Waals surface area contributed by atoms with E-state index in [0.29, 0.717) is 0 Å². The molecule has 90 valence electrons. The molecular formula is C14H12IN3. The van der Waals surface area contributed by atoms with Crippen molar-refractivity contribution in [3.63, 3.8) is 0 Å². The molecule has 0 N–H and O–H groups in total. The molecule has 0 amide bonds. The van der Waals surface area contributed by atoms with Gasteiger partial charge in [0.25, 0.3) is 0 Å². The summed E-state index contributed by atoms with van der Waals surface area (Å²) < 4.78 is 3.37. The van der Waals surface area contributed by atoms with Gasteiger partial charge in [0.05, 0.1) is 21.3 Å². The highest BCUT2D eigenvalue weighted by Crippen LogP contribution is 2.21. The Morgan fingerprint density at radius 1 is 1.22 bits per heavy atom. The van der Waals surface area contributed by atoms with Gasteiger partial charge >= 0.3 is 0 Å². The first-order valence-electron chi connectivity index (χ1n) is 5.75. The molecule has 0 aromatic carbocycles. The number of hydrogen-bond acceptors (Lipinski definition) is 2. The van der Waals surface area contributed by atoms with Gasteiger partial charge in [-0.25, -0.2) is 0 Å². The van der Waals surface area contributed by atoms with E-state index < -0.39 is 0 Å². The molecule has 0 aliphatic heterocycles. The minimum Gasteiger partial charge on any atom is -0.339 e. The van der Waals surface area contributed by atoms with Crippen molar-refractivity contribution in [2.45, 2.75) is 13.5 Å². The van der Waals surface area contributed by atoms with Gasteiger partial charge < -0.3 is 4.57 Å². The number of hydrogen-bond donors (Lipinski definition) is 0. The average molecular weight is 349 g/mol. The van der Waals surface area contributed by atoms with Crippen LogP contribution in [-0.4, -0.2) is 14.5 Å². The zero-order valence-electron chi connectivity index (χ0n) is 9.97. The summed E-state index contributed by atoms with van der Waals surface area (Å²) in [4.78, 5) is 8.85. The SMILES string of the molecule is Cc1ccc(Cn2cc(I)c3ncccc32)nc1. The Kier molecular flexibility index (Phi) is 3.03. The molecule has 0 spiro atoms. The summed E-state index contributed by atoms with van der Waals surface area (Å²) in [6.45, 7) is 2.83. The second-order valence-corrected chi connectivity index (χ2v) is 5.47. The molecule has 18 heavy (non-hydrogen) atoms. The zero-order valence-corrected chi connectivity index (χ0v) is 12.1. The molecule has 0 unspecified atom stereocenters. The van der Waals surface area contributed by atoms with Gasteiger partial charge in [-0.1, -0.05) is 6.07 Å². The second kappa shape index (κ2) is 4.68. The van der Waals surface area contributed by atoms with Gasteiger partial charge in [0, 0.05) is 18.6 Å². The van der Waals surface area contributed by atoms with Gasteiger partial charge in [0.2, 0.25) is 0 Å². The van der Waals surface area contributed by atoms with Gasteiger partial charge in [0.15, 0.2) is 0 Å². The van der Waals surface area contributed by atoms with Crippen LogP contribution < -0.4 is 0 Å². The lowest BCUT2D eigenvalue weighted by Gasteiger charge is -2.04. The van der Waals surface area contributed by atoms with Crippen molar-refractivity contribution < 1.29 is 0 Å². The minimum absolute atomic E-state index is 0.783. The Labute approximate surface area is 119 Å². The standard InChI is InChI=1S/C14H12IN3/c1-10-4-5-11(17-7-10)8-18-9-12(15)14-13(18)3-2-6-16-14/h2-7,9H,8H2,1H3. The quantitative estimate of drug-likeness (QED) is 0.664. The third-order valence-electron chi connectivity index (χ3n) is 2.90. The number of fused-ring (bicyclic) bond motifs is 1. The maximum Gasteiger partial charge on any atom is 0.101 e. The van der Waals surface area contributed by atoms with E-state index in [9.17, 15) is 0 Å². The fourth-order valence-electron chi connectivity index (χ4n) is 1.98. The third kappa shape index (κ3) is 2.12. The molecule has 0 aliphatic carbocycles. The van der Waals surface area contributed by atoms with Crippen molar-refractivity contribution in [2.75, 3.05) is 0 Å². The van der Waals surface area contributed by atoms with E-state index >= 15 is 0 Å². The fraction of sp³-hybridized carbons (Fsp3) is 0.143. The Morgan fingerprint density at radius 3 is 2.89 bits per heavy atom. The molecular weight excluding hydrogens is 337 g/mol. The fourth-order valence-corrected chi connectivity index (χ4v) is 2.73. The summed E-state index contributed by atoms with van der Waals surface area (Å²) in [6.07, 6.45) is 5.86. The van der Waals surface area contributed by atoms with Gasteiger partial charge in [-0.05, 0) is 53.3 Å². The van der Waals surface area contributed by atoms with Crippen molar-refractivity contribution in [3.05, 3.63) is 57.7 Å². The van der Waals surface area contributed by atoms with Gasteiger partial charge in [-0.3, -0.25) is 9.97 Å². The number of halogens is 1. The van der Waals surface area contributed by atoms with E-state index in [2.05, 4.69) is 68.4 Å². The van der Waals surface area contributed by atoms with Crippen LogP contribution in [0.15, 0.2) is 42.9 Å². The lowest BCUT2D eigenvalue weighted by Crippen LogP contribution is -2.00. The van der Waals surface area contributed by atoms with E-state index in [1.807, 2.05) is 18.5 Å². The monoisotopic (exact) mass is 349 g/mol. The highest BCUT2D eigenvalue weighted by molar-refractivity contribution is 14.1. The van der Waals surface area contributed by atoms with Crippen molar-refractivity contribution in [1.82, 2.24) is 14.5 Å². The van der Waals surface area contributed by atoms with Crippen LogP contribution in [0.25, 0.3) is 11.0 Å². The van der Waals surface area contributed by atoms with Crippen molar-refractivity contribution >= 4 is 33.6 Å². The number of pyridine rings is 2. The van der Waals surface area contributed by atoms with Crippen molar-refractivity contribution in [1.29, 1.82) is 0 Å². The predicted octanol–water partition coefficient (Wildman–Crippen LogP) is 3.39. The Morgan fingerprint density at radius 2 is 2.11 bits per heavy atom. The Balaban J connectivity index is 2.02. The van der Waals surface area contributed by atoms with Crippen molar-refractivity contribution in [2.24, 2.45) is 0 Å². The smallest absolute Gasteiger partial charge is 0.101 e. The van der Waals surface area contributed by atoms with E-state index in [4.69, 9.17) is 0 Å². The van der Waals surface area contributed by atoms with Crippen LogP contribution in [0.3, 0.4) is 0 Å². The van der Waals surface area contributed by atoms with Crippen LogP contribution in [0.2, 0.25) is 0 Å². The van der Waals surface area contributed by atoms with Crippen LogP contribution in [0.4, 0.5) is 0 Å². The molecule has 3 heterocycles. The molecule has 3 nitrogen and oxygen atoms in total. The van der Waals surface area contributed by atoms with E-state index in [-0.39, 0.29) is 0 Å². The largest absolute Gasteiger partial charge is 0.339 e. The zero-order chi connectivity index (χ0) is 12.5. The minimum atomic E-state index is 0.783. The summed E-state index contributed by atoms with van der Waals surface area (Å²) in [6, 6.07) is 8.23. The molecule has 0 atom stereocenters. The van der Waals surface area contributed by atoms with E-state index in [0.717, 1.165) is 23.3 Å². The third-order valence-corrected chi connectivity index (χ3v) is 3.69. The number of rotatable bonds is 2. The van der Waals surface area contributed by atoms with Crippen LogP contribution in [0.1, 0.15) is 11.3 Å². The lowest BCUT2D eigenvalue weighted by atomic mass is 10.3. The van der Waals surface area contributed by atoms with Crippen LogP contribution in [0, 0.1) is 10.5 Å². The van der Waals surface area contributed by atoms with E-state index in [1.54, 1.807) is 0 Å². The van der Waals surface area contributed by atoms with Gasteiger partial charge in [-0.2, -0.15) is 0 Å². The molecule has 3 aromatic rings. The number of aromatic nitrogens is 3. The lowest BCUT2D eigenvalue weighted by molar-refractivity contribution is 0.804. The molecule has 0 fully saturated rings. The van der Waals surface area contributed by atoms with Crippen LogP contribution in [0.5, 0.6) is 0 Å². The Bertz CT molecular complexity index is 686. The number of aryl methyl sites for hydroxylation is 1. The average Bonchev–Trinajstić information content (AvgIpc) is 2.70. The topological polar surface area (TPSA) is 30.7 Å². The first kappa shape index (κ1) is 11.6. The maximum absolute atomic E-state index is 4.45. The summed E-state index contributed by atoms with van der Waals surface area (Å²) >= 11 is 2.32. The summed E-state index contributed by atoms with van der Waals surface area (Å²) in [7, 11) is 0. The second-order valence-electron chi connectivity index (χ2n) is 4.30. The maximum atomic E-state index is 4.45. The number of nitrogens with zero attached hydrogens (tertiary/aromatic N) is 3. The van der Waals surface area contributed by atoms with Crippen molar-refractivity contribution in [3.8, 4) is 0 Å². The molecule has 0 saturated heterocycles. The first-order chi connectivity index (χ1) is 8.74. The molecule has 0 bridgehead atoms. The first-order valence-corrected chi connectivity index (χ1v) is 6.83. The molecule has 0 saturated carbocycles.